The molecule has 0 unspecified atom stereocenters. The Hall–Kier alpha value is -0.650. The third-order valence-corrected chi connectivity index (χ3v) is 4.36. The van der Waals surface area contributed by atoms with E-state index in [1.165, 1.54) is 12.1 Å². The van der Waals surface area contributed by atoms with E-state index in [0.717, 1.165) is 0 Å². The van der Waals surface area contributed by atoms with Crippen LogP contribution in [0.3, 0.4) is 0 Å². The third-order valence-electron chi connectivity index (χ3n) is 1.51. The highest BCUT2D eigenvalue weighted by Crippen LogP contribution is 2.60. The Labute approximate surface area is 91.5 Å². The summed E-state index contributed by atoms with van der Waals surface area (Å²) in [4.78, 5) is 47.6. The summed E-state index contributed by atoms with van der Waals surface area (Å²) in [5, 5.41) is -1.31. The predicted molar refractivity (Wildman–Crippen MR) is 59.2 cm³/mol. The van der Waals surface area contributed by atoms with Gasteiger partial charge in [0, 0.05) is 0 Å². The average Bonchev–Trinajstić information content (AvgIpc) is 2.12. The molecule has 0 atom stereocenters. The van der Waals surface area contributed by atoms with Crippen LogP contribution in [-0.2, 0) is 4.57 Å². The van der Waals surface area contributed by atoms with Crippen LogP contribution in [0.5, 0.6) is 0 Å². The first-order valence-electron chi connectivity index (χ1n) is 3.99. The lowest BCUT2D eigenvalue weighted by atomic mass is 10.3. The van der Waals surface area contributed by atoms with Crippen LogP contribution in [0.25, 0.3) is 0 Å². The second-order valence-corrected chi connectivity index (χ2v) is 6.28. The van der Waals surface area contributed by atoms with Gasteiger partial charge in [-0.1, -0.05) is 18.2 Å². The Morgan fingerprint density at radius 2 is 1.62 bits per heavy atom. The van der Waals surface area contributed by atoms with Crippen molar-refractivity contribution in [1.29, 1.82) is 0 Å². The fourth-order valence-corrected chi connectivity index (χ4v) is 2.82. The quantitative estimate of drug-likeness (QED) is 0.402. The lowest BCUT2D eigenvalue weighted by molar-refractivity contribution is 0.349. The Balaban J connectivity index is 3.24. The molecule has 0 heterocycles. The molecule has 1 rings (SSSR count). The van der Waals surface area contributed by atoms with E-state index in [4.69, 9.17) is 24.5 Å². The van der Waals surface area contributed by atoms with Gasteiger partial charge >= 0.3 is 20.7 Å². The second-order valence-electron chi connectivity index (χ2n) is 2.86. The predicted octanol–water partition coefficient (Wildman–Crippen LogP) is 0.591. The normalized spacial score (nSPS) is 13.9. The number of nitrogens with zero attached hydrogens (tertiary/aromatic N) is 1. The SMILES string of the molecule is O=P(O)(O)C(=Nc1ccccc1)[P+](O)(O)O. The van der Waals surface area contributed by atoms with E-state index >= 15 is 0 Å². The Morgan fingerprint density at radius 3 is 2.00 bits per heavy atom. The van der Waals surface area contributed by atoms with Crippen molar-refractivity contribution in [2.24, 2.45) is 4.99 Å². The van der Waals surface area contributed by atoms with Crippen LogP contribution in [0, 0.1) is 0 Å². The summed E-state index contributed by atoms with van der Waals surface area (Å²) in [5.74, 6) is 0. The van der Waals surface area contributed by atoms with Gasteiger partial charge in [-0.15, -0.1) is 0 Å². The largest absolute Gasteiger partial charge is 0.469 e. The molecule has 0 radical (unpaired) electrons. The van der Waals surface area contributed by atoms with Crippen molar-refractivity contribution < 1.29 is 29.0 Å². The van der Waals surface area contributed by atoms with Gasteiger partial charge in [0.05, 0.1) is 5.69 Å². The smallest absolute Gasteiger partial charge is 0.317 e. The molecular weight excluding hydrogens is 256 g/mol. The minimum absolute atomic E-state index is 0.0994. The maximum Gasteiger partial charge on any atom is 0.469 e. The number of hydrogen-bond acceptors (Lipinski definition) is 5. The van der Waals surface area contributed by atoms with Crippen molar-refractivity contribution in [3.05, 3.63) is 30.3 Å². The van der Waals surface area contributed by atoms with Crippen LogP contribution in [0.2, 0.25) is 0 Å². The molecule has 0 aliphatic rings. The van der Waals surface area contributed by atoms with Crippen molar-refractivity contribution in [2.75, 3.05) is 0 Å². The van der Waals surface area contributed by atoms with Gasteiger partial charge in [0.15, 0.2) is 0 Å². The molecule has 1 aromatic carbocycles. The zero-order valence-electron chi connectivity index (χ0n) is 7.87. The molecule has 16 heavy (non-hydrogen) atoms. The molecule has 0 saturated heterocycles. The highest BCUT2D eigenvalue weighted by molar-refractivity contribution is 8.00. The first-order chi connectivity index (χ1) is 7.21. The Morgan fingerprint density at radius 1 is 1.12 bits per heavy atom. The van der Waals surface area contributed by atoms with Crippen molar-refractivity contribution >= 4 is 26.4 Å². The zero-order valence-corrected chi connectivity index (χ0v) is 9.66. The van der Waals surface area contributed by atoms with Gasteiger partial charge in [-0.3, -0.25) is 0 Å². The maximum atomic E-state index is 10.9. The average molecular weight is 266 g/mol. The molecule has 1 aromatic rings. The molecule has 0 aliphatic heterocycles. The second kappa shape index (κ2) is 4.69. The molecule has 0 aliphatic carbocycles. The summed E-state index contributed by atoms with van der Waals surface area (Å²) >= 11 is 0. The van der Waals surface area contributed by atoms with E-state index in [9.17, 15) is 4.57 Å². The number of hydrogen-bond donors (Lipinski definition) is 5. The van der Waals surface area contributed by atoms with Gasteiger partial charge in [-0.25, -0.2) is 4.57 Å². The van der Waals surface area contributed by atoms with Crippen molar-refractivity contribution in [3.63, 3.8) is 0 Å². The van der Waals surface area contributed by atoms with Crippen molar-refractivity contribution in [3.8, 4) is 0 Å². The van der Waals surface area contributed by atoms with Gasteiger partial charge in [0.1, 0.15) is 0 Å². The summed E-state index contributed by atoms with van der Waals surface area (Å²) in [6.07, 6.45) is 0. The lowest BCUT2D eigenvalue weighted by Gasteiger charge is -2.07. The highest BCUT2D eigenvalue weighted by atomic mass is 31.3. The Kier molecular flexibility index (Phi) is 3.93. The molecule has 0 aromatic heterocycles. The Bertz CT molecular complexity index is 434. The van der Waals surface area contributed by atoms with E-state index in [2.05, 4.69) is 4.99 Å². The third kappa shape index (κ3) is 3.73. The summed E-state index contributed by atoms with van der Waals surface area (Å²) < 4.78 is 10.9. The van der Waals surface area contributed by atoms with Crippen LogP contribution >= 0.6 is 15.5 Å². The first-order valence-corrected chi connectivity index (χ1v) is 7.25. The van der Waals surface area contributed by atoms with E-state index in [-0.39, 0.29) is 5.69 Å². The molecule has 0 bridgehead atoms. The molecule has 88 valence electrons. The maximum absolute atomic E-state index is 10.9. The van der Waals surface area contributed by atoms with Gasteiger partial charge < -0.3 is 9.79 Å². The molecule has 0 fully saturated rings. The summed E-state index contributed by atoms with van der Waals surface area (Å²) in [5.41, 5.74) is 0.0994. The number of benzene rings is 1. The summed E-state index contributed by atoms with van der Waals surface area (Å²) in [6.45, 7) is 0. The van der Waals surface area contributed by atoms with Crippen molar-refractivity contribution in [2.45, 2.75) is 0 Å². The minimum Gasteiger partial charge on any atom is -0.317 e. The fraction of sp³-hybridized carbons (Fsp3) is 0. The van der Waals surface area contributed by atoms with Gasteiger partial charge in [-0.05, 0) is 12.1 Å². The zero-order chi connectivity index (χ0) is 12.4. The summed E-state index contributed by atoms with van der Waals surface area (Å²) in [6, 6.07) is 7.52. The lowest BCUT2D eigenvalue weighted by Crippen LogP contribution is -2.05. The summed E-state index contributed by atoms with van der Waals surface area (Å²) in [7, 11) is -9.84. The van der Waals surface area contributed by atoms with E-state index in [0.29, 0.717) is 0 Å². The van der Waals surface area contributed by atoms with Crippen LogP contribution in [-0.4, -0.2) is 29.7 Å². The molecule has 7 nitrogen and oxygen atoms in total. The highest BCUT2D eigenvalue weighted by Gasteiger charge is 2.51. The van der Waals surface area contributed by atoms with E-state index < -0.39 is 20.7 Å². The standard InChI is InChI=1S/C7H9NO6P2/c9-15(10,11)7(16(12,13)14)8-6-4-2-1-3-5-6/h1-5,9-11H,(H-,12,13,14)/p+1. The number of rotatable bonds is 3. The number of para-hydroxylation sites is 1. The van der Waals surface area contributed by atoms with Crippen molar-refractivity contribution in [1.82, 2.24) is 0 Å². The van der Waals surface area contributed by atoms with Crippen LogP contribution in [0.15, 0.2) is 35.3 Å². The van der Waals surface area contributed by atoms with Gasteiger partial charge in [0.25, 0.3) is 0 Å². The van der Waals surface area contributed by atoms with E-state index in [1.807, 2.05) is 0 Å². The van der Waals surface area contributed by atoms with Crippen LogP contribution < -0.4 is 0 Å². The van der Waals surface area contributed by atoms with Crippen LogP contribution in [0.4, 0.5) is 5.69 Å². The molecule has 5 N–H and O–H groups in total. The topological polar surface area (TPSA) is 131 Å². The molecule has 0 saturated carbocycles. The molecule has 0 spiro atoms. The fourth-order valence-electron chi connectivity index (χ4n) is 0.925. The number of aliphatic imine (C=N–C) groups is 1. The molecule has 0 amide bonds. The first kappa shape index (κ1) is 13.4. The van der Waals surface area contributed by atoms with Gasteiger partial charge in [0.2, 0.25) is 0 Å². The monoisotopic (exact) mass is 266 g/mol. The molecular formula is C7H10NO6P2+. The van der Waals surface area contributed by atoms with Crippen LogP contribution in [0.1, 0.15) is 0 Å². The minimum atomic E-state index is -5.01. The van der Waals surface area contributed by atoms with Gasteiger partial charge in [-0.2, -0.15) is 19.7 Å². The molecule has 9 heteroatoms. The van der Waals surface area contributed by atoms with E-state index in [1.54, 1.807) is 18.2 Å².